The van der Waals surface area contributed by atoms with Crippen LogP contribution in [-0.4, -0.2) is 31.8 Å². The first kappa shape index (κ1) is 18.2. The van der Waals surface area contributed by atoms with Gasteiger partial charge in [-0.15, -0.1) is 0 Å². The Morgan fingerprint density at radius 2 is 1.96 bits per heavy atom. The number of imide groups is 1. The van der Waals surface area contributed by atoms with Crippen molar-refractivity contribution in [3.05, 3.63) is 41.7 Å². The van der Waals surface area contributed by atoms with Gasteiger partial charge in [-0.2, -0.15) is 0 Å². The van der Waals surface area contributed by atoms with Crippen LogP contribution < -0.4 is 10.6 Å². The number of nitrogens with one attached hydrogen (secondary N) is 2. The Morgan fingerprint density at radius 1 is 1.26 bits per heavy atom. The first-order chi connectivity index (χ1) is 11.0. The van der Waals surface area contributed by atoms with E-state index < -0.39 is 11.9 Å². The van der Waals surface area contributed by atoms with Gasteiger partial charge in [0.1, 0.15) is 6.61 Å². The van der Waals surface area contributed by atoms with Crippen molar-refractivity contribution in [2.24, 2.45) is 5.16 Å². The van der Waals surface area contributed by atoms with Crippen LogP contribution in [0.25, 0.3) is 5.57 Å². The number of urea groups is 1. The molecule has 1 aromatic rings. The van der Waals surface area contributed by atoms with Crippen LogP contribution >= 0.6 is 0 Å². The van der Waals surface area contributed by atoms with Crippen molar-refractivity contribution in [2.75, 3.05) is 14.2 Å². The number of benzene rings is 1. The van der Waals surface area contributed by atoms with Gasteiger partial charge in [0.25, 0.3) is 5.91 Å². The number of rotatable bonds is 6. The molecule has 7 nitrogen and oxygen atoms in total. The van der Waals surface area contributed by atoms with Gasteiger partial charge in [-0.1, -0.05) is 29.4 Å². The summed E-state index contributed by atoms with van der Waals surface area (Å²) in [5.74, 6) is -0.575. The number of nitrogens with zero attached hydrogens (tertiary/aromatic N) is 1. The van der Waals surface area contributed by atoms with Crippen LogP contribution in [0.1, 0.15) is 25.0 Å². The number of ether oxygens (including phenoxy) is 1. The molecule has 0 saturated heterocycles. The normalized spacial score (nSPS) is 10.5. The Labute approximate surface area is 135 Å². The van der Waals surface area contributed by atoms with Crippen LogP contribution in [0.3, 0.4) is 0 Å². The van der Waals surface area contributed by atoms with Crippen LogP contribution in [0.15, 0.2) is 35.7 Å². The summed E-state index contributed by atoms with van der Waals surface area (Å²) in [6.45, 7) is 3.83. The molecule has 0 fully saturated rings. The number of carbonyl (C=O) groups excluding carboxylic acids is 2. The maximum absolute atomic E-state index is 12.2. The lowest BCUT2D eigenvalue weighted by molar-refractivity contribution is -0.114. The van der Waals surface area contributed by atoms with E-state index in [1.165, 1.54) is 20.4 Å². The molecular weight excluding hydrogens is 298 g/mol. The van der Waals surface area contributed by atoms with E-state index in [9.17, 15) is 9.59 Å². The summed E-state index contributed by atoms with van der Waals surface area (Å²) in [6, 6.07) is 6.56. The lowest BCUT2D eigenvalue weighted by atomic mass is 10.0. The SMILES string of the molecule is CNC(=O)NC(=O)/C(=C/OC)c1ccccc1CON=C(C)C. The molecule has 0 aliphatic rings. The topological polar surface area (TPSA) is 89.0 Å². The van der Waals surface area contributed by atoms with Crippen LogP contribution in [0.2, 0.25) is 0 Å². The van der Waals surface area contributed by atoms with Gasteiger partial charge in [-0.25, -0.2) is 4.79 Å². The molecule has 0 radical (unpaired) electrons. The number of hydrogen-bond donors (Lipinski definition) is 2. The third kappa shape index (κ3) is 5.82. The quantitative estimate of drug-likeness (QED) is 0.363. The minimum Gasteiger partial charge on any atom is -0.504 e. The largest absolute Gasteiger partial charge is 0.504 e. The number of oxime groups is 1. The molecule has 0 aliphatic heterocycles. The second-order valence-corrected chi connectivity index (χ2v) is 4.77. The van der Waals surface area contributed by atoms with E-state index in [0.29, 0.717) is 5.56 Å². The van der Waals surface area contributed by atoms with Crippen molar-refractivity contribution in [2.45, 2.75) is 20.5 Å². The molecule has 2 N–H and O–H groups in total. The van der Waals surface area contributed by atoms with Gasteiger partial charge in [0, 0.05) is 12.6 Å². The van der Waals surface area contributed by atoms with E-state index in [1.54, 1.807) is 12.1 Å². The molecule has 0 bridgehead atoms. The van der Waals surface area contributed by atoms with Crippen molar-refractivity contribution >= 4 is 23.2 Å². The summed E-state index contributed by atoms with van der Waals surface area (Å²) < 4.78 is 4.97. The molecule has 0 spiro atoms. The van der Waals surface area contributed by atoms with E-state index in [2.05, 4.69) is 15.8 Å². The lowest BCUT2D eigenvalue weighted by Crippen LogP contribution is -2.38. The smallest absolute Gasteiger partial charge is 0.321 e. The highest BCUT2D eigenvalue weighted by atomic mass is 16.6. The number of hydrogen-bond acceptors (Lipinski definition) is 5. The van der Waals surface area contributed by atoms with Gasteiger partial charge >= 0.3 is 6.03 Å². The van der Waals surface area contributed by atoms with Crippen LogP contribution in [0.5, 0.6) is 0 Å². The van der Waals surface area contributed by atoms with Crippen LogP contribution in [-0.2, 0) is 21.0 Å². The van der Waals surface area contributed by atoms with Crippen molar-refractivity contribution in [1.29, 1.82) is 0 Å². The van der Waals surface area contributed by atoms with Crippen molar-refractivity contribution in [3.63, 3.8) is 0 Å². The number of amides is 3. The van der Waals surface area contributed by atoms with Gasteiger partial charge in [0.2, 0.25) is 0 Å². The zero-order chi connectivity index (χ0) is 17.2. The van der Waals surface area contributed by atoms with Gasteiger partial charge in [-0.05, 0) is 19.4 Å². The fourth-order valence-electron chi connectivity index (χ4n) is 1.73. The highest BCUT2D eigenvalue weighted by molar-refractivity contribution is 6.23. The second kappa shape index (κ2) is 9.24. The van der Waals surface area contributed by atoms with Gasteiger partial charge in [-0.3, -0.25) is 10.1 Å². The minimum atomic E-state index is -0.600. The third-order valence-electron chi connectivity index (χ3n) is 2.71. The summed E-state index contributed by atoms with van der Waals surface area (Å²) in [7, 11) is 2.85. The van der Waals surface area contributed by atoms with Crippen LogP contribution in [0, 0.1) is 0 Å². The van der Waals surface area contributed by atoms with Gasteiger partial charge in [0.05, 0.1) is 24.7 Å². The fraction of sp³-hybridized carbons (Fsp3) is 0.312. The first-order valence-corrected chi connectivity index (χ1v) is 6.97. The maximum atomic E-state index is 12.2. The molecule has 23 heavy (non-hydrogen) atoms. The van der Waals surface area contributed by atoms with Crippen LogP contribution in [0.4, 0.5) is 4.79 Å². The van der Waals surface area contributed by atoms with E-state index >= 15 is 0 Å². The first-order valence-electron chi connectivity index (χ1n) is 6.97. The summed E-state index contributed by atoms with van der Waals surface area (Å²) in [6.07, 6.45) is 1.28. The second-order valence-electron chi connectivity index (χ2n) is 4.77. The van der Waals surface area contributed by atoms with Crippen molar-refractivity contribution in [3.8, 4) is 0 Å². The zero-order valence-corrected chi connectivity index (χ0v) is 13.7. The highest BCUT2D eigenvalue weighted by Crippen LogP contribution is 2.21. The van der Waals surface area contributed by atoms with Gasteiger partial charge in [0.15, 0.2) is 0 Å². The fourth-order valence-corrected chi connectivity index (χ4v) is 1.73. The Kier molecular flexibility index (Phi) is 7.32. The molecule has 0 aliphatic carbocycles. The predicted molar refractivity (Wildman–Crippen MR) is 87.6 cm³/mol. The maximum Gasteiger partial charge on any atom is 0.321 e. The Morgan fingerprint density at radius 3 is 2.57 bits per heavy atom. The standard InChI is InChI=1S/C16H21N3O4/c1-11(2)19-23-9-12-7-5-6-8-13(12)14(10-22-4)15(20)18-16(21)17-3/h5-8,10H,9H2,1-4H3,(H2,17,18,20,21)/b14-10+. The summed E-state index contributed by atoms with van der Waals surface area (Å²) in [5.41, 5.74) is 2.34. The lowest BCUT2D eigenvalue weighted by Gasteiger charge is -2.12. The molecule has 1 aromatic carbocycles. The molecule has 0 atom stereocenters. The van der Waals surface area contributed by atoms with Gasteiger partial charge < -0.3 is 14.9 Å². The molecule has 0 unspecified atom stereocenters. The van der Waals surface area contributed by atoms with Crippen molar-refractivity contribution < 1.29 is 19.2 Å². The molecule has 7 heteroatoms. The Bertz CT molecular complexity index is 620. The number of methoxy groups -OCH3 is 1. The number of carbonyl (C=O) groups is 2. The molecule has 124 valence electrons. The summed E-state index contributed by atoms with van der Waals surface area (Å²) in [5, 5.41) is 8.41. The summed E-state index contributed by atoms with van der Waals surface area (Å²) in [4.78, 5) is 28.8. The minimum absolute atomic E-state index is 0.190. The predicted octanol–water partition coefficient (Wildman–Crippen LogP) is 2.04. The average Bonchev–Trinajstić information content (AvgIpc) is 2.52. The van der Waals surface area contributed by atoms with E-state index in [0.717, 1.165) is 11.3 Å². The summed E-state index contributed by atoms with van der Waals surface area (Å²) >= 11 is 0. The monoisotopic (exact) mass is 319 g/mol. The molecule has 3 amide bonds. The van der Waals surface area contributed by atoms with Crippen molar-refractivity contribution in [1.82, 2.24) is 10.6 Å². The van der Waals surface area contributed by atoms with E-state index in [1.807, 2.05) is 26.0 Å². The zero-order valence-electron chi connectivity index (χ0n) is 13.7. The molecule has 1 rings (SSSR count). The third-order valence-corrected chi connectivity index (χ3v) is 2.71. The molecule has 0 saturated carbocycles. The highest BCUT2D eigenvalue weighted by Gasteiger charge is 2.18. The molecule has 0 aromatic heterocycles. The van der Waals surface area contributed by atoms with E-state index in [4.69, 9.17) is 9.57 Å². The van der Waals surface area contributed by atoms with E-state index in [-0.39, 0.29) is 12.2 Å². The Hall–Kier alpha value is -2.83. The molecule has 0 heterocycles. The Balaban J connectivity index is 3.08. The molecular formula is C16H21N3O4. The average molecular weight is 319 g/mol.